The molecule has 0 bridgehead atoms. The molecular formula is C11H14ClN3O2. The molecule has 0 radical (unpaired) electrons. The molecule has 0 fully saturated rings. The van der Waals surface area contributed by atoms with Gasteiger partial charge in [0.1, 0.15) is 5.15 Å². The molecule has 0 aliphatic heterocycles. The van der Waals surface area contributed by atoms with Crippen LogP contribution >= 0.6 is 11.6 Å². The third kappa shape index (κ3) is 4.40. The number of hydrogen-bond donors (Lipinski definition) is 2. The maximum Gasteiger partial charge on any atom is 0.254 e. The van der Waals surface area contributed by atoms with Crippen LogP contribution in [0.25, 0.3) is 0 Å². The second-order valence-corrected chi connectivity index (χ2v) is 3.66. The SMILES string of the molecule is CCNC(=O)CCNC(=O)c1cccnc1Cl. The van der Waals surface area contributed by atoms with Gasteiger partial charge in [-0.05, 0) is 19.1 Å². The van der Waals surface area contributed by atoms with Gasteiger partial charge in [0.25, 0.3) is 5.91 Å². The Morgan fingerprint density at radius 3 is 2.82 bits per heavy atom. The van der Waals surface area contributed by atoms with Crippen LogP contribution < -0.4 is 10.6 Å². The van der Waals surface area contributed by atoms with Crippen LogP contribution in [0.15, 0.2) is 18.3 Å². The summed E-state index contributed by atoms with van der Waals surface area (Å²) < 4.78 is 0. The Labute approximate surface area is 105 Å². The topological polar surface area (TPSA) is 71.1 Å². The first-order valence-corrected chi connectivity index (χ1v) is 5.68. The van der Waals surface area contributed by atoms with Crippen molar-refractivity contribution < 1.29 is 9.59 Å². The lowest BCUT2D eigenvalue weighted by atomic mass is 10.2. The lowest BCUT2D eigenvalue weighted by molar-refractivity contribution is -0.120. The Kier molecular flexibility index (Phi) is 5.42. The molecule has 0 saturated heterocycles. The molecule has 1 rings (SSSR count). The van der Waals surface area contributed by atoms with E-state index in [9.17, 15) is 9.59 Å². The molecule has 1 aromatic rings. The zero-order chi connectivity index (χ0) is 12.7. The Hall–Kier alpha value is -1.62. The Morgan fingerprint density at radius 2 is 2.18 bits per heavy atom. The monoisotopic (exact) mass is 255 g/mol. The molecule has 2 amide bonds. The quantitative estimate of drug-likeness (QED) is 0.771. The van der Waals surface area contributed by atoms with Gasteiger partial charge in [-0.25, -0.2) is 4.98 Å². The molecule has 1 aromatic heterocycles. The van der Waals surface area contributed by atoms with Crippen LogP contribution in [-0.4, -0.2) is 29.9 Å². The highest BCUT2D eigenvalue weighted by atomic mass is 35.5. The Morgan fingerprint density at radius 1 is 1.41 bits per heavy atom. The predicted molar refractivity (Wildman–Crippen MR) is 64.9 cm³/mol. The van der Waals surface area contributed by atoms with Crippen molar-refractivity contribution in [3.8, 4) is 0 Å². The first kappa shape index (κ1) is 13.4. The van der Waals surface area contributed by atoms with Crippen LogP contribution in [0.5, 0.6) is 0 Å². The molecular weight excluding hydrogens is 242 g/mol. The van der Waals surface area contributed by atoms with E-state index in [1.807, 2.05) is 6.92 Å². The summed E-state index contributed by atoms with van der Waals surface area (Å²) in [4.78, 5) is 26.6. The first-order chi connectivity index (χ1) is 8.15. The number of amides is 2. The molecule has 0 aliphatic rings. The lowest BCUT2D eigenvalue weighted by Crippen LogP contribution is -2.30. The molecule has 6 heteroatoms. The summed E-state index contributed by atoms with van der Waals surface area (Å²) in [5.41, 5.74) is 0.310. The molecule has 0 aromatic carbocycles. The van der Waals surface area contributed by atoms with Crippen LogP contribution in [0, 0.1) is 0 Å². The van der Waals surface area contributed by atoms with E-state index in [1.165, 1.54) is 6.20 Å². The van der Waals surface area contributed by atoms with E-state index in [0.29, 0.717) is 12.1 Å². The van der Waals surface area contributed by atoms with Crippen molar-refractivity contribution in [2.45, 2.75) is 13.3 Å². The van der Waals surface area contributed by atoms with Crippen molar-refractivity contribution >= 4 is 23.4 Å². The number of nitrogens with zero attached hydrogens (tertiary/aromatic N) is 1. The van der Waals surface area contributed by atoms with E-state index in [4.69, 9.17) is 11.6 Å². The minimum absolute atomic E-state index is 0.0925. The summed E-state index contributed by atoms with van der Waals surface area (Å²) in [7, 11) is 0. The van der Waals surface area contributed by atoms with E-state index in [1.54, 1.807) is 12.1 Å². The fraction of sp³-hybridized carbons (Fsp3) is 0.364. The summed E-state index contributed by atoms with van der Waals surface area (Å²) in [6.07, 6.45) is 1.76. The summed E-state index contributed by atoms with van der Waals surface area (Å²) in [6.45, 7) is 2.70. The number of carbonyl (C=O) groups is 2. The summed E-state index contributed by atoms with van der Waals surface area (Å²) in [5, 5.41) is 5.40. The van der Waals surface area contributed by atoms with Gasteiger partial charge >= 0.3 is 0 Å². The summed E-state index contributed by atoms with van der Waals surface area (Å²) in [6, 6.07) is 3.21. The molecule has 5 nitrogen and oxygen atoms in total. The molecule has 0 saturated carbocycles. The van der Waals surface area contributed by atoms with Crippen LogP contribution in [0.4, 0.5) is 0 Å². The third-order valence-electron chi connectivity index (χ3n) is 2.02. The highest BCUT2D eigenvalue weighted by Gasteiger charge is 2.10. The van der Waals surface area contributed by atoms with Crippen molar-refractivity contribution in [1.82, 2.24) is 15.6 Å². The van der Waals surface area contributed by atoms with Gasteiger partial charge < -0.3 is 10.6 Å². The fourth-order valence-electron chi connectivity index (χ4n) is 1.23. The molecule has 2 N–H and O–H groups in total. The van der Waals surface area contributed by atoms with Crippen molar-refractivity contribution in [3.63, 3.8) is 0 Å². The van der Waals surface area contributed by atoms with Gasteiger partial charge in [-0.1, -0.05) is 11.6 Å². The highest BCUT2D eigenvalue weighted by Crippen LogP contribution is 2.10. The van der Waals surface area contributed by atoms with Gasteiger partial charge in [0.05, 0.1) is 5.56 Å². The van der Waals surface area contributed by atoms with Crippen LogP contribution in [0.2, 0.25) is 5.15 Å². The number of pyridine rings is 1. The normalized spacial score (nSPS) is 9.76. The van der Waals surface area contributed by atoms with Crippen LogP contribution in [0.3, 0.4) is 0 Å². The van der Waals surface area contributed by atoms with Crippen molar-refractivity contribution in [3.05, 3.63) is 29.0 Å². The number of hydrogen-bond acceptors (Lipinski definition) is 3. The lowest BCUT2D eigenvalue weighted by Gasteiger charge is -2.06. The van der Waals surface area contributed by atoms with Gasteiger partial charge in [0, 0.05) is 25.7 Å². The molecule has 0 atom stereocenters. The minimum atomic E-state index is -0.326. The number of nitrogens with one attached hydrogen (secondary N) is 2. The zero-order valence-electron chi connectivity index (χ0n) is 9.50. The van der Waals surface area contributed by atoms with Crippen molar-refractivity contribution in [1.29, 1.82) is 0 Å². The number of rotatable bonds is 5. The minimum Gasteiger partial charge on any atom is -0.356 e. The Bertz CT molecular complexity index is 409. The molecule has 0 unspecified atom stereocenters. The van der Waals surface area contributed by atoms with E-state index in [-0.39, 0.29) is 29.9 Å². The predicted octanol–water partition coefficient (Wildman–Crippen LogP) is 0.991. The van der Waals surface area contributed by atoms with Crippen LogP contribution in [-0.2, 0) is 4.79 Å². The average molecular weight is 256 g/mol. The van der Waals surface area contributed by atoms with Crippen molar-refractivity contribution in [2.75, 3.05) is 13.1 Å². The van der Waals surface area contributed by atoms with E-state index in [2.05, 4.69) is 15.6 Å². The molecule has 17 heavy (non-hydrogen) atoms. The molecule has 1 heterocycles. The standard InChI is InChI=1S/C11H14ClN3O2/c1-2-13-9(16)5-7-15-11(17)8-4-3-6-14-10(8)12/h3-4,6H,2,5,7H2,1H3,(H,13,16)(H,15,17). The van der Waals surface area contributed by atoms with Crippen LogP contribution in [0.1, 0.15) is 23.7 Å². The van der Waals surface area contributed by atoms with E-state index >= 15 is 0 Å². The Balaban J connectivity index is 2.41. The fourth-order valence-corrected chi connectivity index (χ4v) is 1.43. The van der Waals surface area contributed by atoms with Gasteiger partial charge in [-0.15, -0.1) is 0 Å². The van der Waals surface area contributed by atoms with Crippen molar-refractivity contribution in [2.24, 2.45) is 0 Å². The largest absolute Gasteiger partial charge is 0.356 e. The second kappa shape index (κ2) is 6.85. The summed E-state index contributed by atoms with van der Waals surface area (Å²) >= 11 is 5.76. The molecule has 0 aliphatic carbocycles. The number of aromatic nitrogens is 1. The van der Waals surface area contributed by atoms with Gasteiger partial charge in [0.15, 0.2) is 0 Å². The maximum atomic E-state index is 11.6. The van der Waals surface area contributed by atoms with E-state index < -0.39 is 0 Å². The highest BCUT2D eigenvalue weighted by molar-refractivity contribution is 6.32. The van der Waals surface area contributed by atoms with Gasteiger partial charge in [-0.3, -0.25) is 9.59 Å². The van der Waals surface area contributed by atoms with Gasteiger partial charge in [-0.2, -0.15) is 0 Å². The zero-order valence-corrected chi connectivity index (χ0v) is 10.3. The number of halogens is 1. The number of carbonyl (C=O) groups excluding carboxylic acids is 2. The molecule has 92 valence electrons. The van der Waals surface area contributed by atoms with Gasteiger partial charge in [0.2, 0.25) is 5.91 Å². The smallest absolute Gasteiger partial charge is 0.254 e. The third-order valence-corrected chi connectivity index (χ3v) is 2.32. The first-order valence-electron chi connectivity index (χ1n) is 5.30. The summed E-state index contributed by atoms with van der Waals surface area (Å²) in [5.74, 6) is -0.419. The van der Waals surface area contributed by atoms with E-state index in [0.717, 1.165) is 0 Å². The molecule has 0 spiro atoms. The maximum absolute atomic E-state index is 11.6. The average Bonchev–Trinajstić information content (AvgIpc) is 2.29. The second-order valence-electron chi connectivity index (χ2n) is 3.30.